The molecule has 170 valence electrons. The summed E-state index contributed by atoms with van der Waals surface area (Å²) in [5, 5.41) is 4.43. The third kappa shape index (κ3) is 5.53. The lowest BCUT2D eigenvalue weighted by molar-refractivity contribution is -0.134. The molecule has 0 fully saturated rings. The van der Waals surface area contributed by atoms with Gasteiger partial charge in [0.1, 0.15) is 6.54 Å². The van der Waals surface area contributed by atoms with E-state index in [1.165, 1.54) is 36.2 Å². The van der Waals surface area contributed by atoms with Gasteiger partial charge in [-0.2, -0.15) is 9.29 Å². The van der Waals surface area contributed by atoms with Crippen LogP contribution in [0.5, 0.6) is 0 Å². The molecule has 0 saturated heterocycles. The van der Waals surface area contributed by atoms with Crippen molar-refractivity contribution in [1.29, 1.82) is 0 Å². The number of likely N-dealkylation sites (N-methyl/N-ethyl adjacent to an activating group) is 1. The van der Waals surface area contributed by atoms with E-state index < -0.39 is 10.0 Å². The fraction of sp³-hybridized carbons (Fsp3) is 0.318. The largest absolute Gasteiger partial charge is 0.337 e. The van der Waals surface area contributed by atoms with Crippen molar-refractivity contribution in [3.05, 3.63) is 65.0 Å². The van der Waals surface area contributed by atoms with E-state index in [1.54, 1.807) is 0 Å². The number of rotatable bonds is 8. The van der Waals surface area contributed by atoms with Crippen molar-refractivity contribution in [2.24, 2.45) is 0 Å². The first-order valence-corrected chi connectivity index (χ1v) is 11.8. The molecular weight excluding hydrogens is 452 g/mol. The number of sulfonamides is 1. The SMILES string of the molecule is Cc1cccc(-c2noc(CN(C(=O)CN(C)S(=O)(=O)c3ccc(Cl)cc3)C(C)C)n2)c1. The maximum atomic E-state index is 13.0. The van der Waals surface area contributed by atoms with Crippen molar-refractivity contribution in [1.82, 2.24) is 19.3 Å². The molecule has 0 bridgehead atoms. The van der Waals surface area contributed by atoms with Gasteiger partial charge in [-0.05, 0) is 51.1 Å². The van der Waals surface area contributed by atoms with Crippen molar-refractivity contribution < 1.29 is 17.7 Å². The summed E-state index contributed by atoms with van der Waals surface area (Å²) in [6.07, 6.45) is 0. The van der Waals surface area contributed by atoms with Gasteiger partial charge < -0.3 is 9.42 Å². The summed E-state index contributed by atoms with van der Waals surface area (Å²) in [4.78, 5) is 18.9. The monoisotopic (exact) mass is 476 g/mol. The van der Waals surface area contributed by atoms with Gasteiger partial charge in [-0.1, -0.05) is 40.5 Å². The van der Waals surface area contributed by atoms with Gasteiger partial charge in [0.2, 0.25) is 27.6 Å². The predicted molar refractivity (Wildman–Crippen MR) is 121 cm³/mol. The molecule has 0 spiro atoms. The van der Waals surface area contributed by atoms with Gasteiger partial charge in [0.05, 0.1) is 11.4 Å². The van der Waals surface area contributed by atoms with Gasteiger partial charge in [-0.15, -0.1) is 0 Å². The Morgan fingerprint density at radius 1 is 1.16 bits per heavy atom. The van der Waals surface area contributed by atoms with Crippen LogP contribution in [0, 0.1) is 6.92 Å². The summed E-state index contributed by atoms with van der Waals surface area (Å²) in [7, 11) is -2.48. The molecule has 0 aliphatic carbocycles. The number of nitrogens with zero attached hydrogens (tertiary/aromatic N) is 4. The topological polar surface area (TPSA) is 96.6 Å². The molecular formula is C22H25ClN4O4S. The Morgan fingerprint density at radius 2 is 1.84 bits per heavy atom. The van der Waals surface area contributed by atoms with Gasteiger partial charge in [0.25, 0.3) is 0 Å². The lowest BCUT2D eigenvalue weighted by atomic mass is 10.1. The average molecular weight is 477 g/mol. The minimum atomic E-state index is -3.84. The van der Waals surface area contributed by atoms with Crippen LogP contribution in [0.15, 0.2) is 57.9 Å². The Labute approximate surface area is 192 Å². The lowest BCUT2D eigenvalue weighted by Crippen LogP contribution is -2.43. The molecule has 1 amide bonds. The highest BCUT2D eigenvalue weighted by Crippen LogP contribution is 2.20. The minimum absolute atomic E-state index is 0.0630. The third-order valence-electron chi connectivity index (χ3n) is 4.87. The number of hydrogen-bond acceptors (Lipinski definition) is 6. The van der Waals surface area contributed by atoms with Crippen LogP contribution in [0.3, 0.4) is 0 Å². The summed E-state index contributed by atoms with van der Waals surface area (Å²) in [6.45, 7) is 5.39. The maximum Gasteiger partial charge on any atom is 0.246 e. The molecule has 0 aliphatic heterocycles. The molecule has 1 aromatic heterocycles. The van der Waals surface area contributed by atoms with Gasteiger partial charge in [-0.3, -0.25) is 4.79 Å². The molecule has 2 aromatic carbocycles. The van der Waals surface area contributed by atoms with Gasteiger partial charge >= 0.3 is 0 Å². The number of benzene rings is 2. The van der Waals surface area contributed by atoms with E-state index in [0.29, 0.717) is 10.8 Å². The second kappa shape index (κ2) is 9.81. The molecule has 0 aliphatic rings. The minimum Gasteiger partial charge on any atom is -0.337 e. The first-order valence-electron chi connectivity index (χ1n) is 9.99. The molecule has 32 heavy (non-hydrogen) atoms. The number of hydrogen-bond donors (Lipinski definition) is 0. The number of halogens is 1. The van der Waals surface area contributed by atoms with Crippen molar-refractivity contribution in [2.75, 3.05) is 13.6 Å². The molecule has 0 radical (unpaired) electrons. The van der Waals surface area contributed by atoms with Crippen LogP contribution in [0.1, 0.15) is 25.3 Å². The van der Waals surface area contributed by atoms with E-state index in [-0.39, 0.29) is 35.8 Å². The molecule has 1 heterocycles. The summed E-state index contributed by atoms with van der Waals surface area (Å²) in [5.41, 5.74) is 1.88. The van der Waals surface area contributed by atoms with Crippen LogP contribution < -0.4 is 0 Å². The number of carbonyl (C=O) groups is 1. The zero-order valence-electron chi connectivity index (χ0n) is 18.3. The van der Waals surface area contributed by atoms with Crippen molar-refractivity contribution in [3.63, 3.8) is 0 Å². The van der Waals surface area contributed by atoms with Crippen LogP contribution in [0.4, 0.5) is 0 Å². The highest BCUT2D eigenvalue weighted by atomic mass is 35.5. The van der Waals surface area contributed by atoms with E-state index in [4.69, 9.17) is 16.1 Å². The molecule has 3 aromatic rings. The Hall–Kier alpha value is -2.75. The van der Waals surface area contributed by atoms with Gasteiger partial charge in [-0.25, -0.2) is 8.42 Å². The highest BCUT2D eigenvalue weighted by Gasteiger charge is 2.27. The molecule has 8 nitrogen and oxygen atoms in total. The Morgan fingerprint density at radius 3 is 2.47 bits per heavy atom. The van der Waals surface area contributed by atoms with E-state index in [9.17, 15) is 13.2 Å². The van der Waals surface area contributed by atoms with E-state index >= 15 is 0 Å². The summed E-state index contributed by atoms with van der Waals surface area (Å²) in [6, 6.07) is 13.3. The zero-order chi connectivity index (χ0) is 23.5. The zero-order valence-corrected chi connectivity index (χ0v) is 19.9. The average Bonchev–Trinajstić information content (AvgIpc) is 3.21. The second-order valence-electron chi connectivity index (χ2n) is 7.71. The van der Waals surface area contributed by atoms with Crippen molar-refractivity contribution in [3.8, 4) is 11.4 Å². The first kappa shape index (κ1) is 23.9. The molecule has 3 rings (SSSR count). The van der Waals surface area contributed by atoms with E-state index in [0.717, 1.165) is 15.4 Å². The predicted octanol–water partition coefficient (Wildman–Crippen LogP) is 3.76. The molecule has 0 N–H and O–H groups in total. The highest BCUT2D eigenvalue weighted by molar-refractivity contribution is 7.89. The van der Waals surface area contributed by atoms with Crippen LogP contribution in [-0.2, 0) is 21.4 Å². The van der Waals surface area contributed by atoms with Crippen LogP contribution in [0.2, 0.25) is 5.02 Å². The molecule has 0 atom stereocenters. The number of carbonyl (C=O) groups excluding carboxylic acids is 1. The quantitative estimate of drug-likeness (QED) is 0.491. The van der Waals surface area contributed by atoms with Crippen LogP contribution >= 0.6 is 11.6 Å². The van der Waals surface area contributed by atoms with Crippen molar-refractivity contribution in [2.45, 2.75) is 38.3 Å². The van der Waals surface area contributed by atoms with E-state index in [2.05, 4.69) is 10.1 Å². The molecule has 0 saturated carbocycles. The van der Waals surface area contributed by atoms with Gasteiger partial charge in [0.15, 0.2) is 0 Å². The van der Waals surface area contributed by atoms with Crippen LogP contribution in [0.25, 0.3) is 11.4 Å². The summed E-state index contributed by atoms with van der Waals surface area (Å²) < 4.78 is 31.9. The summed E-state index contributed by atoms with van der Waals surface area (Å²) >= 11 is 5.84. The molecule has 0 unspecified atom stereocenters. The van der Waals surface area contributed by atoms with Gasteiger partial charge in [0, 0.05) is 23.7 Å². The smallest absolute Gasteiger partial charge is 0.246 e. The lowest BCUT2D eigenvalue weighted by Gasteiger charge is -2.27. The molecule has 10 heteroatoms. The standard InChI is InChI=1S/C22H25ClN4O4S/c1-15(2)27(13-20-24-22(25-31-20)17-7-5-6-16(3)12-17)21(28)14-26(4)32(29,30)19-10-8-18(23)9-11-19/h5-12,15H,13-14H2,1-4H3. The third-order valence-corrected chi connectivity index (χ3v) is 6.94. The van der Waals surface area contributed by atoms with Crippen molar-refractivity contribution >= 4 is 27.5 Å². The second-order valence-corrected chi connectivity index (χ2v) is 10.2. The number of aromatic nitrogens is 2. The maximum absolute atomic E-state index is 13.0. The number of amides is 1. The fourth-order valence-electron chi connectivity index (χ4n) is 3.08. The first-order chi connectivity index (χ1) is 15.1. The Balaban J connectivity index is 1.73. The number of aryl methyl sites for hydroxylation is 1. The Bertz CT molecular complexity index is 1190. The fourth-order valence-corrected chi connectivity index (χ4v) is 4.32. The normalized spacial score (nSPS) is 11.8. The Kier molecular flexibility index (Phi) is 7.33. The summed E-state index contributed by atoms with van der Waals surface area (Å²) in [5.74, 6) is 0.324. The van der Waals surface area contributed by atoms with Crippen LogP contribution in [-0.4, -0.2) is 53.3 Å². The van der Waals surface area contributed by atoms with E-state index in [1.807, 2.05) is 45.0 Å².